The third kappa shape index (κ3) is 5.02. The van der Waals surface area contributed by atoms with Crippen molar-refractivity contribution in [3.8, 4) is 0 Å². The first-order valence-corrected chi connectivity index (χ1v) is 9.48. The van der Waals surface area contributed by atoms with E-state index in [0.29, 0.717) is 42.7 Å². The third-order valence-corrected chi connectivity index (χ3v) is 5.48. The number of carbonyl (C=O) groups excluding carboxylic acids is 1. The van der Waals surface area contributed by atoms with Crippen LogP contribution in [0.3, 0.4) is 0 Å². The van der Waals surface area contributed by atoms with Crippen molar-refractivity contribution >= 4 is 59.4 Å². The fraction of sp³-hybridized carbons (Fsp3) is 0.556. The predicted octanol–water partition coefficient (Wildman–Crippen LogP) is 2.38. The third-order valence-electron chi connectivity index (χ3n) is 5.25. The minimum atomic E-state index is -0.466. The Morgan fingerprint density at radius 1 is 1.29 bits per heavy atom. The number of aliphatic hydroxyl groups excluding tert-OH is 1. The SMILES string of the molecule is Cl.Cl.O=C(N[C@H]1CNCC[C@H]1O)C1CCN(c2nc3ccc(Cl)cc3o2)CC1. The Morgan fingerprint density at radius 3 is 2.75 bits per heavy atom. The smallest absolute Gasteiger partial charge is 0.298 e. The highest BCUT2D eigenvalue weighted by atomic mass is 35.5. The van der Waals surface area contributed by atoms with Crippen molar-refractivity contribution in [3.63, 3.8) is 0 Å². The van der Waals surface area contributed by atoms with Crippen molar-refractivity contribution < 1.29 is 14.3 Å². The van der Waals surface area contributed by atoms with Crippen molar-refractivity contribution in [2.75, 3.05) is 31.1 Å². The van der Waals surface area contributed by atoms with E-state index in [4.69, 9.17) is 16.0 Å². The largest absolute Gasteiger partial charge is 0.423 e. The summed E-state index contributed by atoms with van der Waals surface area (Å²) in [4.78, 5) is 19.1. The average molecular weight is 452 g/mol. The normalized spacial score (nSPS) is 23.0. The molecule has 0 bridgehead atoms. The molecule has 2 aliphatic heterocycles. The molecule has 3 N–H and O–H groups in total. The summed E-state index contributed by atoms with van der Waals surface area (Å²) >= 11 is 5.99. The Kier molecular flexibility index (Phi) is 8.21. The molecular formula is C18H25Cl3N4O3. The first kappa shape index (κ1) is 23.0. The number of nitrogens with one attached hydrogen (secondary N) is 2. The van der Waals surface area contributed by atoms with Gasteiger partial charge in [-0.3, -0.25) is 4.79 Å². The minimum Gasteiger partial charge on any atom is -0.423 e. The molecule has 1 amide bonds. The molecule has 0 saturated carbocycles. The van der Waals surface area contributed by atoms with Crippen molar-refractivity contribution in [1.82, 2.24) is 15.6 Å². The van der Waals surface area contributed by atoms with E-state index in [1.54, 1.807) is 12.1 Å². The lowest BCUT2D eigenvalue weighted by molar-refractivity contribution is -0.127. The van der Waals surface area contributed by atoms with E-state index in [1.165, 1.54) is 0 Å². The van der Waals surface area contributed by atoms with E-state index >= 15 is 0 Å². The molecule has 0 aliphatic carbocycles. The zero-order valence-electron chi connectivity index (χ0n) is 15.3. The fourth-order valence-corrected chi connectivity index (χ4v) is 3.81. The van der Waals surface area contributed by atoms with Crippen LogP contribution in [0.25, 0.3) is 11.1 Å². The van der Waals surface area contributed by atoms with E-state index in [2.05, 4.69) is 20.5 Å². The second kappa shape index (κ2) is 9.98. The molecule has 2 saturated heterocycles. The van der Waals surface area contributed by atoms with Gasteiger partial charge in [0, 0.05) is 36.6 Å². The molecule has 2 atom stereocenters. The van der Waals surface area contributed by atoms with Gasteiger partial charge in [0.05, 0.1) is 12.1 Å². The van der Waals surface area contributed by atoms with Gasteiger partial charge in [0.15, 0.2) is 5.58 Å². The van der Waals surface area contributed by atoms with Crippen LogP contribution in [0.4, 0.5) is 6.01 Å². The van der Waals surface area contributed by atoms with Gasteiger partial charge in [0.2, 0.25) is 5.91 Å². The number of benzene rings is 1. The number of fused-ring (bicyclic) bond motifs is 1. The van der Waals surface area contributed by atoms with Crippen LogP contribution in [-0.2, 0) is 4.79 Å². The van der Waals surface area contributed by atoms with Gasteiger partial charge in [-0.15, -0.1) is 24.8 Å². The lowest BCUT2D eigenvalue weighted by Crippen LogP contribution is -2.55. The number of oxazole rings is 1. The Balaban J connectivity index is 0.00000140. The molecule has 0 spiro atoms. The van der Waals surface area contributed by atoms with E-state index in [-0.39, 0.29) is 42.7 Å². The lowest BCUT2D eigenvalue weighted by atomic mass is 9.95. The number of carbonyl (C=O) groups is 1. The molecule has 10 heteroatoms. The maximum Gasteiger partial charge on any atom is 0.298 e. The topological polar surface area (TPSA) is 90.6 Å². The molecule has 3 heterocycles. The number of aromatic nitrogens is 1. The highest BCUT2D eigenvalue weighted by Crippen LogP contribution is 2.28. The van der Waals surface area contributed by atoms with Gasteiger partial charge in [0.25, 0.3) is 6.01 Å². The predicted molar refractivity (Wildman–Crippen MR) is 114 cm³/mol. The highest BCUT2D eigenvalue weighted by Gasteiger charge is 2.31. The van der Waals surface area contributed by atoms with E-state index in [0.717, 1.165) is 24.9 Å². The van der Waals surface area contributed by atoms with Gasteiger partial charge in [-0.05, 0) is 37.9 Å². The van der Waals surface area contributed by atoms with Gasteiger partial charge < -0.3 is 25.1 Å². The monoisotopic (exact) mass is 450 g/mol. The standard InChI is InChI=1S/C18H23ClN4O3.2ClH/c19-12-1-2-13-16(9-12)26-18(22-13)23-7-4-11(5-8-23)17(25)21-14-10-20-6-3-15(14)24;;/h1-2,9,11,14-15,20,24H,3-8,10H2,(H,21,25);2*1H/t14-,15+;;/m0../s1. The molecule has 0 unspecified atom stereocenters. The molecule has 28 heavy (non-hydrogen) atoms. The number of amides is 1. The summed E-state index contributed by atoms with van der Waals surface area (Å²) in [6.07, 6.45) is 1.68. The van der Waals surface area contributed by atoms with Crippen molar-refractivity contribution in [1.29, 1.82) is 0 Å². The van der Waals surface area contributed by atoms with Gasteiger partial charge in [-0.25, -0.2) is 0 Å². The molecular weight excluding hydrogens is 427 g/mol. The van der Waals surface area contributed by atoms with E-state index in [1.807, 2.05) is 6.07 Å². The summed E-state index contributed by atoms with van der Waals surface area (Å²) < 4.78 is 5.81. The van der Waals surface area contributed by atoms with Crippen LogP contribution in [0.5, 0.6) is 0 Å². The summed E-state index contributed by atoms with van der Waals surface area (Å²) in [7, 11) is 0. The number of rotatable bonds is 3. The van der Waals surface area contributed by atoms with Gasteiger partial charge in [-0.2, -0.15) is 4.98 Å². The number of hydrogen-bond acceptors (Lipinski definition) is 6. The molecule has 7 nitrogen and oxygen atoms in total. The molecule has 2 aromatic rings. The molecule has 2 fully saturated rings. The first-order chi connectivity index (χ1) is 12.6. The molecule has 1 aromatic carbocycles. The Hall–Kier alpha value is -1.25. The Labute approximate surface area is 181 Å². The maximum absolute atomic E-state index is 12.5. The second-order valence-electron chi connectivity index (χ2n) is 7.05. The summed E-state index contributed by atoms with van der Waals surface area (Å²) in [6, 6.07) is 5.77. The summed E-state index contributed by atoms with van der Waals surface area (Å²) in [5.41, 5.74) is 1.45. The minimum absolute atomic E-state index is 0. The van der Waals surface area contributed by atoms with Crippen molar-refractivity contribution in [3.05, 3.63) is 23.2 Å². The second-order valence-corrected chi connectivity index (χ2v) is 7.48. The van der Waals surface area contributed by atoms with Gasteiger partial charge >= 0.3 is 0 Å². The Bertz CT molecular complexity index is 795. The van der Waals surface area contributed by atoms with Crippen molar-refractivity contribution in [2.45, 2.75) is 31.4 Å². The number of hydrogen-bond donors (Lipinski definition) is 3. The van der Waals surface area contributed by atoms with E-state index in [9.17, 15) is 9.90 Å². The van der Waals surface area contributed by atoms with Crippen LogP contribution >= 0.6 is 36.4 Å². The summed E-state index contributed by atoms with van der Waals surface area (Å²) in [5, 5.41) is 16.8. The molecule has 2 aliphatic rings. The quantitative estimate of drug-likeness (QED) is 0.664. The molecule has 156 valence electrons. The molecule has 4 rings (SSSR count). The van der Waals surface area contributed by atoms with Gasteiger partial charge in [0.1, 0.15) is 5.52 Å². The fourth-order valence-electron chi connectivity index (χ4n) is 3.65. The van der Waals surface area contributed by atoms with Gasteiger partial charge in [-0.1, -0.05) is 11.6 Å². The highest BCUT2D eigenvalue weighted by molar-refractivity contribution is 6.31. The van der Waals surface area contributed by atoms with Crippen LogP contribution in [0.1, 0.15) is 19.3 Å². The van der Waals surface area contributed by atoms with Crippen LogP contribution in [-0.4, -0.2) is 54.3 Å². The van der Waals surface area contributed by atoms with E-state index < -0.39 is 6.10 Å². The number of aliphatic hydroxyl groups is 1. The zero-order valence-corrected chi connectivity index (χ0v) is 17.7. The van der Waals surface area contributed by atoms with Crippen LogP contribution < -0.4 is 15.5 Å². The number of anilines is 1. The maximum atomic E-state index is 12.5. The van der Waals surface area contributed by atoms with Crippen LogP contribution in [0, 0.1) is 5.92 Å². The molecule has 1 aromatic heterocycles. The van der Waals surface area contributed by atoms with Crippen LogP contribution in [0.15, 0.2) is 22.6 Å². The first-order valence-electron chi connectivity index (χ1n) is 9.10. The van der Waals surface area contributed by atoms with Crippen LogP contribution in [0.2, 0.25) is 5.02 Å². The number of piperidine rings is 2. The Morgan fingerprint density at radius 2 is 2.04 bits per heavy atom. The van der Waals surface area contributed by atoms with Crippen molar-refractivity contribution in [2.24, 2.45) is 5.92 Å². The lowest BCUT2D eigenvalue weighted by Gasteiger charge is -2.33. The molecule has 0 radical (unpaired) electrons. The summed E-state index contributed by atoms with van der Waals surface area (Å²) in [5.74, 6) is -0.0130. The number of halogens is 3. The number of nitrogens with zero attached hydrogens (tertiary/aromatic N) is 2. The average Bonchev–Trinajstić information content (AvgIpc) is 3.07. The summed E-state index contributed by atoms with van der Waals surface area (Å²) in [6.45, 7) is 2.84. The zero-order chi connectivity index (χ0) is 18.1.